The van der Waals surface area contributed by atoms with Crippen molar-refractivity contribution in [3.63, 3.8) is 0 Å². The van der Waals surface area contributed by atoms with E-state index in [2.05, 4.69) is 6.07 Å². The second-order valence-electron chi connectivity index (χ2n) is 2.67. The first kappa shape index (κ1) is 12.0. The number of hydrogen-bond donors (Lipinski definition) is 0. The Morgan fingerprint density at radius 1 is 1.27 bits per heavy atom. The molecular formula is C10H8IO4. The third-order valence-corrected chi connectivity index (χ3v) is 2.17. The minimum atomic E-state index is -0.471. The topological polar surface area (TPSA) is 52.6 Å². The molecule has 0 unspecified atom stereocenters. The summed E-state index contributed by atoms with van der Waals surface area (Å²) in [4.78, 5) is 21.6. The van der Waals surface area contributed by atoms with Crippen molar-refractivity contribution in [2.75, 3.05) is 0 Å². The molecule has 0 aliphatic carbocycles. The fourth-order valence-corrected chi connectivity index (χ4v) is 1.47. The van der Waals surface area contributed by atoms with Crippen molar-refractivity contribution in [3.8, 4) is 11.5 Å². The van der Waals surface area contributed by atoms with Crippen molar-refractivity contribution in [2.24, 2.45) is 0 Å². The van der Waals surface area contributed by atoms with Gasteiger partial charge in [-0.25, -0.2) is 0 Å². The van der Waals surface area contributed by atoms with Crippen LogP contribution in [0.4, 0.5) is 0 Å². The quantitative estimate of drug-likeness (QED) is 0.475. The summed E-state index contributed by atoms with van der Waals surface area (Å²) in [6.07, 6.45) is 0. The Morgan fingerprint density at radius 3 is 2.40 bits per heavy atom. The molecule has 1 aromatic carbocycles. The number of ether oxygens (including phenoxy) is 2. The van der Waals surface area contributed by atoms with Crippen molar-refractivity contribution < 1.29 is 19.1 Å². The second-order valence-corrected chi connectivity index (χ2v) is 3.75. The van der Waals surface area contributed by atoms with Crippen molar-refractivity contribution in [2.45, 2.75) is 13.8 Å². The van der Waals surface area contributed by atoms with Gasteiger partial charge in [0.15, 0.2) is 11.5 Å². The average Bonchev–Trinajstić information content (AvgIpc) is 2.09. The van der Waals surface area contributed by atoms with Gasteiger partial charge in [0, 0.05) is 19.9 Å². The highest BCUT2D eigenvalue weighted by Crippen LogP contribution is 2.32. The number of halogens is 1. The number of esters is 2. The SMILES string of the molecule is CC(=O)Oc1cc[c]c(I)c1OC(C)=O. The molecule has 0 amide bonds. The maximum Gasteiger partial charge on any atom is 0.308 e. The Morgan fingerprint density at radius 2 is 1.87 bits per heavy atom. The molecular weight excluding hydrogens is 311 g/mol. The van der Waals surface area contributed by atoms with E-state index < -0.39 is 11.9 Å². The number of carbonyl (C=O) groups is 2. The molecule has 0 aliphatic rings. The summed E-state index contributed by atoms with van der Waals surface area (Å²) in [5.41, 5.74) is 0. The largest absolute Gasteiger partial charge is 0.423 e. The molecule has 1 aromatic rings. The van der Waals surface area contributed by atoms with E-state index in [0.29, 0.717) is 3.57 Å². The molecule has 1 rings (SSSR count). The zero-order valence-electron chi connectivity index (χ0n) is 8.17. The van der Waals surface area contributed by atoms with Crippen molar-refractivity contribution >= 4 is 34.5 Å². The zero-order valence-corrected chi connectivity index (χ0v) is 10.3. The molecule has 0 aromatic heterocycles. The van der Waals surface area contributed by atoms with Crippen LogP contribution in [-0.4, -0.2) is 11.9 Å². The summed E-state index contributed by atoms with van der Waals surface area (Å²) >= 11 is 1.94. The molecule has 0 saturated carbocycles. The molecule has 79 valence electrons. The maximum absolute atomic E-state index is 10.8. The lowest BCUT2D eigenvalue weighted by Gasteiger charge is -2.09. The zero-order chi connectivity index (χ0) is 11.4. The first-order valence-electron chi connectivity index (χ1n) is 4.07. The van der Waals surface area contributed by atoms with Crippen LogP contribution in [0.3, 0.4) is 0 Å². The van der Waals surface area contributed by atoms with Crippen LogP contribution in [0.5, 0.6) is 11.5 Å². The molecule has 4 nitrogen and oxygen atoms in total. The number of rotatable bonds is 2. The molecule has 0 aliphatic heterocycles. The van der Waals surface area contributed by atoms with Gasteiger partial charge in [0.1, 0.15) is 0 Å². The predicted octanol–water partition coefficient (Wildman–Crippen LogP) is 1.94. The Hall–Kier alpha value is -1.11. The summed E-state index contributed by atoms with van der Waals surface area (Å²) in [6, 6.07) is 5.94. The van der Waals surface area contributed by atoms with Gasteiger partial charge in [-0.2, -0.15) is 0 Å². The fraction of sp³-hybridized carbons (Fsp3) is 0.200. The minimum absolute atomic E-state index is 0.223. The van der Waals surface area contributed by atoms with Gasteiger partial charge in [0.2, 0.25) is 0 Å². The highest BCUT2D eigenvalue weighted by molar-refractivity contribution is 14.1. The summed E-state index contributed by atoms with van der Waals surface area (Å²) in [7, 11) is 0. The first-order chi connectivity index (χ1) is 7.00. The van der Waals surface area contributed by atoms with Gasteiger partial charge in [-0.15, -0.1) is 0 Å². The number of benzene rings is 1. The molecule has 5 heteroatoms. The van der Waals surface area contributed by atoms with E-state index in [-0.39, 0.29) is 11.5 Å². The summed E-state index contributed by atoms with van der Waals surface area (Å²) in [6.45, 7) is 2.56. The van der Waals surface area contributed by atoms with Crippen LogP contribution in [-0.2, 0) is 9.59 Å². The van der Waals surface area contributed by atoms with Crippen LogP contribution < -0.4 is 9.47 Å². The summed E-state index contributed by atoms with van der Waals surface area (Å²) in [5, 5.41) is 0. The van der Waals surface area contributed by atoms with Gasteiger partial charge in [0.25, 0.3) is 0 Å². The van der Waals surface area contributed by atoms with Crippen LogP contribution in [0.2, 0.25) is 0 Å². The molecule has 0 atom stereocenters. The van der Waals surface area contributed by atoms with Crippen LogP contribution >= 0.6 is 22.6 Å². The van der Waals surface area contributed by atoms with Crippen molar-refractivity contribution in [1.29, 1.82) is 0 Å². The monoisotopic (exact) mass is 319 g/mol. The lowest BCUT2D eigenvalue weighted by Crippen LogP contribution is -2.08. The highest BCUT2D eigenvalue weighted by atomic mass is 127. The molecule has 15 heavy (non-hydrogen) atoms. The molecule has 1 radical (unpaired) electrons. The fourth-order valence-electron chi connectivity index (χ4n) is 0.914. The summed E-state index contributed by atoms with van der Waals surface area (Å²) < 4.78 is 10.4. The second kappa shape index (κ2) is 5.11. The molecule has 0 saturated heterocycles. The van der Waals surface area contributed by atoms with Gasteiger partial charge >= 0.3 is 11.9 Å². The first-order valence-corrected chi connectivity index (χ1v) is 5.15. The van der Waals surface area contributed by atoms with Gasteiger partial charge in [-0.1, -0.05) is 0 Å². The standard InChI is InChI=1S/C10H8IO4/c1-6(12)14-9-5-3-4-8(11)10(9)15-7(2)13/h3,5H,1-2H3. The predicted molar refractivity (Wildman–Crippen MR) is 60.6 cm³/mol. The van der Waals surface area contributed by atoms with E-state index in [1.165, 1.54) is 19.9 Å². The number of hydrogen-bond acceptors (Lipinski definition) is 4. The van der Waals surface area contributed by atoms with E-state index in [1.807, 2.05) is 22.6 Å². The van der Waals surface area contributed by atoms with Crippen molar-refractivity contribution in [3.05, 3.63) is 21.8 Å². The third kappa shape index (κ3) is 3.50. The lowest BCUT2D eigenvalue weighted by atomic mass is 10.3. The van der Waals surface area contributed by atoms with Crippen LogP contribution in [0.25, 0.3) is 0 Å². The lowest BCUT2D eigenvalue weighted by molar-refractivity contribution is -0.134. The molecule has 0 bridgehead atoms. The van der Waals surface area contributed by atoms with Gasteiger partial charge in [-0.05, 0) is 34.7 Å². The third-order valence-electron chi connectivity index (χ3n) is 1.37. The molecule has 0 spiro atoms. The van der Waals surface area contributed by atoms with Gasteiger partial charge in [0.05, 0.1) is 3.57 Å². The van der Waals surface area contributed by atoms with Gasteiger partial charge < -0.3 is 9.47 Å². The van der Waals surface area contributed by atoms with E-state index in [9.17, 15) is 9.59 Å². The number of carbonyl (C=O) groups excluding carboxylic acids is 2. The van der Waals surface area contributed by atoms with Crippen LogP contribution in [0.15, 0.2) is 12.1 Å². The Balaban J connectivity index is 3.08. The average molecular weight is 319 g/mol. The van der Waals surface area contributed by atoms with E-state index in [4.69, 9.17) is 9.47 Å². The Labute approximate surface area is 101 Å². The van der Waals surface area contributed by atoms with E-state index in [1.54, 1.807) is 6.07 Å². The van der Waals surface area contributed by atoms with Crippen LogP contribution in [0, 0.1) is 9.64 Å². The van der Waals surface area contributed by atoms with Gasteiger partial charge in [-0.3, -0.25) is 9.59 Å². The van der Waals surface area contributed by atoms with E-state index >= 15 is 0 Å². The minimum Gasteiger partial charge on any atom is -0.423 e. The van der Waals surface area contributed by atoms with E-state index in [0.717, 1.165) is 0 Å². The molecule has 0 N–H and O–H groups in total. The smallest absolute Gasteiger partial charge is 0.308 e. The van der Waals surface area contributed by atoms with Crippen LogP contribution in [0.1, 0.15) is 13.8 Å². The Bertz CT molecular complexity index is 400. The van der Waals surface area contributed by atoms with Crippen molar-refractivity contribution in [1.82, 2.24) is 0 Å². The normalized spacial score (nSPS) is 9.53. The molecule has 0 fully saturated rings. The molecule has 0 heterocycles. The Kier molecular flexibility index (Phi) is 4.07. The highest BCUT2D eigenvalue weighted by Gasteiger charge is 2.13. The maximum atomic E-state index is 10.8. The summed E-state index contributed by atoms with van der Waals surface area (Å²) in [5.74, 6) is -0.493.